The van der Waals surface area contributed by atoms with Crippen LogP contribution >= 0.6 is 0 Å². The molecule has 2 aromatic heterocycles. The average molecular weight is 393 g/mol. The van der Waals surface area contributed by atoms with E-state index in [0.717, 1.165) is 36.8 Å². The molecule has 150 valence electrons. The van der Waals surface area contributed by atoms with Gasteiger partial charge in [0, 0.05) is 44.3 Å². The van der Waals surface area contributed by atoms with Gasteiger partial charge in [-0.3, -0.25) is 9.59 Å². The maximum atomic E-state index is 12.6. The largest absolute Gasteiger partial charge is 0.360 e. The Balaban J connectivity index is 1.50. The van der Waals surface area contributed by atoms with Gasteiger partial charge in [0.25, 0.3) is 11.7 Å². The molecule has 3 aromatic rings. The SMILES string of the molecule is CN(C)c1nc(CNC(=O)C(=O)c2c[nH]c3ccccc23)nc(N2CCCC2)n1. The fraction of sp³-hybridized carbons (Fsp3) is 0.350. The topological polar surface area (TPSA) is 107 Å². The third-order valence-electron chi connectivity index (χ3n) is 4.89. The number of benzene rings is 1. The number of aromatic amines is 1. The van der Waals surface area contributed by atoms with Crippen LogP contribution in [-0.4, -0.2) is 58.8 Å². The lowest BCUT2D eigenvalue weighted by molar-refractivity contribution is -0.117. The van der Waals surface area contributed by atoms with Gasteiger partial charge in [0.05, 0.1) is 12.1 Å². The van der Waals surface area contributed by atoms with Gasteiger partial charge in [0.15, 0.2) is 5.82 Å². The minimum absolute atomic E-state index is 0.0527. The highest BCUT2D eigenvalue weighted by atomic mass is 16.2. The molecule has 0 spiro atoms. The molecule has 1 fully saturated rings. The van der Waals surface area contributed by atoms with Gasteiger partial charge in [-0.05, 0) is 18.9 Å². The molecule has 0 radical (unpaired) electrons. The number of ketones is 1. The van der Waals surface area contributed by atoms with E-state index < -0.39 is 11.7 Å². The summed E-state index contributed by atoms with van der Waals surface area (Å²) < 4.78 is 0. The molecule has 0 bridgehead atoms. The van der Waals surface area contributed by atoms with Gasteiger partial charge >= 0.3 is 0 Å². The van der Waals surface area contributed by atoms with Crippen molar-refractivity contribution in [2.24, 2.45) is 0 Å². The number of nitrogens with zero attached hydrogens (tertiary/aromatic N) is 5. The summed E-state index contributed by atoms with van der Waals surface area (Å²) in [4.78, 5) is 45.3. The molecule has 1 aliphatic heterocycles. The summed E-state index contributed by atoms with van der Waals surface area (Å²) in [5, 5.41) is 3.36. The Morgan fingerprint density at radius 1 is 1.14 bits per heavy atom. The summed E-state index contributed by atoms with van der Waals surface area (Å²) in [6.07, 6.45) is 3.77. The van der Waals surface area contributed by atoms with Crippen LogP contribution in [0.5, 0.6) is 0 Å². The van der Waals surface area contributed by atoms with Crippen molar-refractivity contribution >= 4 is 34.5 Å². The first-order valence-corrected chi connectivity index (χ1v) is 9.59. The van der Waals surface area contributed by atoms with Gasteiger partial charge in [-0.25, -0.2) is 0 Å². The number of rotatable bonds is 6. The van der Waals surface area contributed by atoms with E-state index in [2.05, 4.69) is 30.2 Å². The first-order valence-electron chi connectivity index (χ1n) is 9.59. The van der Waals surface area contributed by atoms with Gasteiger partial charge in [-0.2, -0.15) is 15.0 Å². The third-order valence-corrected chi connectivity index (χ3v) is 4.89. The highest BCUT2D eigenvalue weighted by Gasteiger charge is 2.21. The summed E-state index contributed by atoms with van der Waals surface area (Å²) in [5.74, 6) is 0.265. The van der Waals surface area contributed by atoms with E-state index in [9.17, 15) is 9.59 Å². The van der Waals surface area contributed by atoms with Gasteiger partial charge in [-0.15, -0.1) is 0 Å². The minimum atomic E-state index is -0.690. The number of anilines is 2. The second-order valence-electron chi connectivity index (χ2n) is 7.20. The summed E-state index contributed by atoms with van der Waals surface area (Å²) >= 11 is 0. The number of amides is 1. The van der Waals surface area contributed by atoms with Crippen LogP contribution < -0.4 is 15.1 Å². The maximum Gasteiger partial charge on any atom is 0.292 e. The van der Waals surface area contributed by atoms with Crippen LogP contribution in [0.2, 0.25) is 0 Å². The number of nitrogens with one attached hydrogen (secondary N) is 2. The molecule has 0 atom stereocenters. The molecule has 9 heteroatoms. The summed E-state index contributed by atoms with van der Waals surface area (Å²) in [6.45, 7) is 1.86. The summed E-state index contributed by atoms with van der Waals surface area (Å²) in [6, 6.07) is 7.37. The number of Topliss-reactive ketones (excluding diaryl/α,β-unsaturated/α-hetero) is 1. The van der Waals surface area contributed by atoms with Crippen molar-refractivity contribution in [2.45, 2.75) is 19.4 Å². The van der Waals surface area contributed by atoms with Gasteiger partial charge < -0.3 is 20.1 Å². The van der Waals surface area contributed by atoms with Crippen molar-refractivity contribution in [1.82, 2.24) is 25.3 Å². The molecule has 0 saturated carbocycles. The molecule has 1 amide bonds. The number of hydrogen-bond acceptors (Lipinski definition) is 7. The Morgan fingerprint density at radius 2 is 1.90 bits per heavy atom. The number of carbonyl (C=O) groups is 2. The number of carbonyl (C=O) groups excluding carboxylic acids is 2. The summed E-state index contributed by atoms with van der Waals surface area (Å²) in [5.41, 5.74) is 1.16. The fourth-order valence-corrected chi connectivity index (χ4v) is 3.35. The molecular formula is C20H23N7O2. The molecular weight excluding hydrogens is 370 g/mol. The smallest absolute Gasteiger partial charge is 0.292 e. The van der Waals surface area contributed by atoms with E-state index in [4.69, 9.17) is 0 Å². The number of hydrogen-bond donors (Lipinski definition) is 2. The Hall–Kier alpha value is -3.49. The van der Waals surface area contributed by atoms with Crippen LogP contribution in [0.1, 0.15) is 29.0 Å². The van der Waals surface area contributed by atoms with E-state index in [1.807, 2.05) is 38.4 Å². The lowest BCUT2D eigenvalue weighted by atomic mass is 10.1. The van der Waals surface area contributed by atoms with Gasteiger partial charge in [-0.1, -0.05) is 18.2 Å². The van der Waals surface area contributed by atoms with Crippen LogP contribution in [0, 0.1) is 0 Å². The first-order chi connectivity index (χ1) is 14.0. The molecule has 4 rings (SSSR count). The van der Waals surface area contributed by atoms with E-state index >= 15 is 0 Å². The van der Waals surface area contributed by atoms with Crippen LogP contribution in [0.3, 0.4) is 0 Å². The van der Waals surface area contributed by atoms with E-state index in [0.29, 0.717) is 23.3 Å². The molecule has 0 unspecified atom stereocenters. The maximum absolute atomic E-state index is 12.6. The van der Waals surface area contributed by atoms with Gasteiger partial charge in [0.1, 0.15) is 0 Å². The average Bonchev–Trinajstić information content (AvgIpc) is 3.41. The number of aromatic nitrogens is 4. The second-order valence-corrected chi connectivity index (χ2v) is 7.20. The minimum Gasteiger partial charge on any atom is -0.360 e. The fourth-order valence-electron chi connectivity index (χ4n) is 3.35. The highest BCUT2D eigenvalue weighted by Crippen LogP contribution is 2.19. The van der Waals surface area contributed by atoms with Crippen molar-refractivity contribution in [3.05, 3.63) is 41.9 Å². The standard InChI is InChI=1S/C20H23N7O2/c1-26(2)19-23-16(24-20(25-19)27-9-5-6-10-27)12-22-18(29)17(28)14-11-21-15-8-4-3-7-13(14)15/h3-4,7-8,11,21H,5-6,9-10,12H2,1-2H3,(H,22,29). The van der Waals surface area contributed by atoms with Crippen molar-refractivity contribution in [2.75, 3.05) is 37.0 Å². The number of H-pyrrole nitrogens is 1. The Labute approximate surface area is 168 Å². The highest BCUT2D eigenvalue weighted by molar-refractivity contribution is 6.44. The zero-order valence-corrected chi connectivity index (χ0v) is 16.5. The molecule has 0 aliphatic carbocycles. The van der Waals surface area contributed by atoms with Crippen LogP contribution in [0.25, 0.3) is 10.9 Å². The van der Waals surface area contributed by atoms with E-state index in [1.54, 1.807) is 11.1 Å². The van der Waals surface area contributed by atoms with Gasteiger partial charge in [0.2, 0.25) is 11.9 Å². The van der Waals surface area contributed by atoms with Crippen LogP contribution in [0.15, 0.2) is 30.5 Å². The number of fused-ring (bicyclic) bond motifs is 1. The van der Waals surface area contributed by atoms with Crippen LogP contribution in [0.4, 0.5) is 11.9 Å². The molecule has 2 N–H and O–H groups in total. The van der Waals surface area contributed by atoms with Crippen molar-refractivity contribution in [3.63, 3.8) is 0 Å². The Morgan fingerprint density at radius 3 is 2.66 bits per heavy atom. The summed E-state index contributed by atoms with van der Waals surface area (Å²) in [7, 11) is 3.71. The molecule has 1 saturated heterocycles. The monoisotopic (exact) mass is 393 g/mol. The predicted molar refractivity (Wildman–Crippen MR) is 110 cm³/mol. The van der Waals surface area contributed by atoms with Crippen molar-refractivity contribution < 1.29 is 9.59 Å². The number of para-hydroxylation sites is 1. The van der Waals surface area contributed by atoms with Crippen molar-refractivity contribution in [1.29, 1.82) is 0 Å². The quantitative estimate of drug-likeness (QED) is 0.483. The van der Waals surface area contributed by atoms with Crippen molar-refractivity contribution in [3.8, 4) is 0 Å². The molecule has 1 aromatic carbocycles. The van der Waals surface area contributed by atoms with Crippen LogP contribution in [-0.2, 0) is 11.3 Å². The Kier molecular flexibility index (Phi) is 5.11. The second kappa shape index (κ2) is 7.86. The van der Waals surface area contributed by atoms with E-state index in [1.165, 1.54) is 0 Å². The van der Waals surface area contributed by atoms with E-state index in [-0.39, 0.29) is 6.54 Å². The Bertz CT molecular complexity index is 1050. The zero-order valence-electron chi connectivity index (χ0n) is 16.5. The zero-order chi connectivity index (χ0) is 20.4. The first kappa shape index (κ1) is 18.9. The molecule has 29 heavy (non-hydrogen) atoms. The third kappa shape index (κ3) is 3.89. The predicted octanol–water partition coefficient (Wildman–Crippen LogP) is 1.52. The molecule has 1 aliphatic rings. The normalized spacial score (nSPS) is 13.7. The molecule has 9 nitrogen and oxygen atoms in total. The lowest BCUT2D eigenvalue weighted by Gasteiger charge is -2.18. The lowest BCUT2D eigenvalue weighted by Crippen LogP contribution is -2.32. The molecule has 3 heterocycles.